The summed E-state index contributed by atoms with van der Waals surface area (Å²) in [5.41, 5.74) is 1.51. The molecule has 1 heterocycles. The monoisotopic (exact) mass is 400 g/mol. The molecule has 0 radical (unpaired) electrons. The van der Waals surface area contributed by atoms with Crippen molar-refractivity contribution in [1.29, 1.82) is 0 Å². The van der Waals surface area contributed by atoms with Gasteiger partial charge in [-0.1, -0.05) is 31.2 Å². The Morgan fingerprint density at radius 1 is 1.14 bits per heavy atom. The summed E-state index contributed by atoms with van der Waals surface area (Å²) in [7, 11) is 0. The van der Waals surface area contributed by atoms with Gasteiger partial charge in [-0.2, -0.15) is 0 Å². The zero-order chi connectivity index (χ0) is 20.8. The molecule has 0 spiro atoms. The van der Waals surface area contributed by atoms with Gasteiger partial charge in [0.05, 0.1) is 11.5 Å². The fourth-order valence-corrected chi connectivity index (χ4v) is 3.55. The average molecular weight is 400 g/mol. The zero-order valence-electron chi connectivity index (χ0n) is 16.5. The second-order valence-electron chi connectivity index (χ2n) is 7.05. The van der Waals surface area contributed by atoms with Crippen LogP contribution >= 0.6 is 0 Å². The van der Waals surface area contributed by atoms with Gasteiger partial charge in [0.25, 0.3) is 5.69 Å². The molecule has 1 amide bonds. The van der Waals surface area contributed by atoms with Gasteiger partial charge in [0, 0.05) is 38.8 Å². The second-order valence-corrected chi connectivity index (χ2v) is 7.05. The maximum atomic E-state index is 13.4. The molecule has 0 unspecified atom stereocenters. The number of piperazine rings is 1. The number of nitro groups is 1. The first-order valence-electron chi connectivity index (χ1n) is 9.71. The Balaban J connectivity index is 1.56. The van der Waals surface area contributed by atoms with Crippen molar-refractivity contribution in [2.45, 2.75) is 13.5 Å². The van der Waals surface area contributed by atoms with Crippen molar-refractivity contribution in [1.82, 2.24) is 9.80 Å². The van der Waals surface area contributed by atoms with Crippen LogP contribution in [0.25, 0.3) is 0 Å². The Bertz CT molecular complexity index is 869. The first-order chi connectivity index (χ1) is 14.0. The SMILES string of the molecule is CCN(CC(=O)N1CCN(c2ccccc2[N+](=O)[O-])CC1)Cc1cccc(F)c1. The van der Waals surface area contributed by atoms with E-state index in [9.17, 15) is 19.3 Å². The van der Waals surface area contributed by atoms with E-state index in [-0.39, 0.29) is 28.9 Å². The number of carbonyl (C=O) groups excluding carboxylic acids is 1. The van der Waals surface area contributed by atoms with Crippen molar-refractivity contribution in [3.05, 3.63) is 70.0 Å². The van der Waals surface area contributed by atoms with E-state index in [0.29, 0.717) is 45.0 Å². The summed E-state index contributed by atoms with van der Waals surface area (Å²) >= 11 is 0. The standard InChI is InChI=1S/C21H25FN4O3/c1-2-23(15-17-6-5-7-18(22)14-17)16-21(27)25-12-10-24(11-13-25)19-8-3-4-9-20(19)26(28)29/h3-9,14H,2,10-13,15-16H2,1H3. The quantitative estimate of drug-likeness (QED) is 0.528. The summed E-state index contributed by atoms with van der Waals surface area (Å²) < 4.78 is 13.4. The van der Waals surface area contributed by atoms with Gasteiger partial charge in [0.2, 0.25) is 5.91 Å². The lowest BCUT2D eigenvalue weighted by Crippen LogP contribution is -2.51. The Morgan fingerprint density at radius 2 is 1.86 bits per heavy atom. The molecule has 29 heavy (non-hydrogen) atoms. The molecule has 2 aromatic carbocycles. The maximum absolute atomic E-state index is 13.4. The predicted molar refractivity (Wildman–Crippen MR) is 109 cm³/mol. The van der Waals surface area contributed by atoms with Gasteiger partial charge < -0.3 is 9.80 Å². The van der Waals surface area contributed by atoms with E-state index in [1.165, 1.54) is 18.2 Å². The lowest BCUT2D eigenvalue weighted by atomic mass is 10.2. The topological polar surface area (TPSA) is 69.9 Å². The molecule has 3 rings (SSSR count). The highest BCUT2D eigenvalue weighted by Crippen LogP contribution is 2.28. The molecule has 8 heteroatoms. The van der Waals surface area contributed by atoms with Crippen molar-refractivity contribution in [3.8, 4) is 0 Å². The van der Waals surface area contributed by atoms with Crippen LogP contribution in [0.4, 0.5) is 15.8 Å². The number of rotatable bonds is 7. The number of hydrogen-bond donors (Lipinski definition) is 0. The van der Waals surface area contributed by atoms with Crippen molar-refractivity contribution < 1.29 is 14.1 Å². The van der Waals surface area contributed by atoms with Gasteiger partial charge in [0.1, 0.15) is 11.5 Å². The van der Waals surface area contributed by atoms with Crippen molar-refractivity contribution >= 4 is 17.3 Å². The second kappa shape index (κ2) is 9.47. The van der Waals surface area contributed by atoms with Crippen molar-refractivity contribution in [3.63, 3.8) is 0 Å². The lowest BCUT2D eigenvalue weighted by molar-refractivity contribution is -0.384. The first-order valence-corrected chi connectivity index (χ1v) is 9.71. The largest absolute Gasteiger partial charge is 0.362 e. The predicted octanol–water partition coefficient (Wildman–Crippen LogP) is 2.90. The van der Waals surface area contributed by atoms with Crippen LogP contribution in [0.2, 0.25) is 0 Å². The van der Waals surface area contributed by atoms with Crippen LogP contribution in [0.3, 0.4) is 0 Å². The van der Waals surface area contributed by atoms with Crippen LogP contribution in [0.1, 0.15) is 12.5 Å². The number of likely N-dealkylation sites (N-methyl/N-ethyl adjacent to an activating group) is 1. The molecular formula is C21H25FN4O3. The molecule has 0 bridgehead atoms. The van der Waals surface area contributed by atoms with Gasteiger partial charge in [-0.3, -0.25) is 19.8 Å². The molecule has 0 saturated carbocycles. The van der Waals surface area contributed by atoms with Crippen LogP contribution in [-0.2, 0) is 11.3 Å². The minimum absolute atomic E-state index is 0.0189. The number of nitro benzene ring substituents is 1. The molecular weight excluding hydrogens is 375 g/mol. The molecule has 0 atom stereocenters. The van der Waals surface area contributed by atoms with Gasteiger partial charge >= 0.3 is 0 Å². The van der Waals surface area contributed by atoms with E-state index in [4.69, 9.17) is 0 Å². The Morgan fingerprint density at radius 3 is 2.52 bits per heavy atom. The summed E-state index contributed by atoms with van der Waals surface area (Å²) in [6.07, 6.45) is 0. The molecule has 1 aliphatic rings. The summed E-state index contributed by atoms with van der Waals surface area (Å²) in [5, 5.41) is 11.2. The van der Waals surface area contributed by atoms with Crippen LogP contribution in [0.5, 0.6) is 0 Å². The van der Waals surface area contributed by atoms with Crippen LogP contribution in [0.15, 0.2) is 48.5 Å². The van der Waals surface area contributed by atoms with E-state index < -0.39 is 0 Å². The number of hydrogen-bond acceptors (Lipinski definition) is 5. The van der Waals surface area contributed by atoms with E-state index in [2.05, 4.69) is 0 Å². The smallest absolute Gasteiger partial charge is 0.292 e. The third-order valence-corrected chi connectivity index (χ3v) is 5.15. The molecule has 0 aromatic heterocycles. The summed E-state index contributed by atoms with van der Waals surface area (Å²) in [4.78, 5) is 29.3. The third-order valence-electron chi connectivity index (χ3n) is 5.15. The molecule has 1 aliphatic heterocycles. The van der Waals surface area contributed by atoms with Crippen LogP contribution in [-0.4, -0.2) is 59.9 Å². The normalized spacial score (nSPS) is 14.3. The molecule has 2 aromatic rings. The van der Waals surface area contributed by atoms with Gasteiger partial charge in [0.15, 0.2) is 0 Å². The number of para-hydroxylation sites is 2. The highest BCUT2D eigenvalue weighted by molar-refractivity contribution is 5.78. The Labute approximate surface area is 169 Å². The fraction of sp³-hybridized carbons (Fsp3) is 0.381. The Kier molecular flexibility index (Phi) is 6.77. The van der Waals surface area contributed by atoms with Gasteiger partial charge in [-0.05, 0) is 30.3 Å². The van der Waals surface area contributed by atoms with Gasteiger partial charge in [-0.25, -0.2) is 4.39 Å². The van der Waals surface area contributed by atoms with E-state index in [1.807, 2.05) is 22.8 Å². The molecule has 0 N–H and O–H groups in total. The summed E-state index contributed by atoms with van der Waals surface area (Å²) in [5.74, 6) is -0.263. The van der Waals surface area contributed by atoms with E-state index >= 15 is 0 Å². The van der Waals surface area contributed by atoms with Gasteiger partial charge in [-0.15, -0.1) is 0 Å². The fourth-order valence-electron chi connectivity index (χ4n) is 3.55. The minimum Gasteiger partial charge on any atom is -0.362 e. The number of benzene rings is 2. The number of halogens is 1. The minimum atomic E-state index is -0.377. The maximum Gasteiger partial charge on any atom is 0.292 e. The van der Waals surface area contributed by atoms with E-state index in [0.717, 1.165) is 5.56 Å². The molecule has 1 saturated heterocycles. The average Bonchev–Trinajstić information content (AvgIpc) is 2.73. The number of amides is 1. The summed E-state index contributed by atoms with van der Waals surface area (Å²) in [6.45, 7) is 5.55. The van der Waals surface area contributed by atoms with Crippen molar-refractivity contribution in [2.75, 3.05) is 44.2 Å². The van der Waals surface area contributed by atoms with Crippen molar-refractivity contribution in [2.24, 2.45) is 0 Å². The zero-order valence-corrected chi connectivity index (χ0v) is 16.5. The van der Waals surface area contributed by atoms with E-state index in [1.54, 1.807) is 29.2 Å². The van der Waals surface area contributed by atoms with Crippen LogP contribution in [0, 0.1) is 15.9 Å². The third kappa shape index (κ3) is 5.29. The molecule has 154 valence electrons. The Hall–Kier alpha value is -3.00. The highest BCUT2D eigenvalue weighted by atomic mass is 19.1. The highest BCUT2D eigenvalue weighted by Gasteiger charge is 2.26. The first kappa shape index (κ1) is 20.7. The lowest BCUT2D eigenvalue weighted by Gasteiger charge is -2.36. The number of anilines is 1. The van der Waals surface area contributed by atoms with Crippen LogP contribution < -0.4 is 4.90 Å². The molecule has 7 nitrogen and oxygen atoms in total. The number of nitrogens with zero attached hydrogens (tertiary/aromatic N) is 4. The molecule has 1 fully saturated rings. The molecule has 0 aliphatic carbocycles. The summed E-state index contributed by atoms with van der Waals surface area (Å²) in [6, 6.07) is 13.1. The number of carbonyl (C=O) groups is 1.